The number of nitrogens with two attached hydrogens (primary N) is 1. The molecule has 0 saturated carbocycles. The average Bonchev–Trinajstić information content (AvgIpc) is 2.91. The quantitative estimate of drug-likeness (QED) is 0.183. The van der Waals surface area contributed by atoms with Crippen LogP contribution >= 0.6 is 0 Å². The zero-order chi connectivity index (χ0) is 31.4. The third kappa shape index (κ3) is 5.06. The highest BCUT2D eigenvalue weighted by Crippen LogP contribution is 2.52. The fourth-order valence-electron chi connectivity index (χ4n) is 6.25. The second-order valence-electron chi connectivity index (χ2n) is 10.7. The van der Waals surface area contributed by atoms with Crippen molar-refractivity contribution < 1.29 is 52.7 Å². The predicted molar refractivity (Wildman–Crippen MR) is 144 cm³/mol. The van der Waals surface area contributed by atoms with Gasteiger partial charge in [-0.15, -0.1) is 13.2 Å². The number of ketones is 2. The van der Waals surface area contributed by atoms with Crippen LogP contribution in [0, 0.1) is 11.8 Å². The summed E-state index contributed by atoms with van der Waals surface area (Å²) in [5.41, 5.74) is 3.21. The number of alkyl halides is 3. The van der Waals surface area contributed by atoms with Crippen LogP contribution in [-0.2, 0) is 29.1 Å². The summed E-state index contributed by atoms with van der Waals surface area (Å²) in [5.74, 6) is -7.38. The molecule has 0 radical (unpaired) electrons. The first kappa shape index (κ1) is 29.9. The molecule has 0 unspecified atom stereocenters. The number of anilines is 1. The van der Waals surface area contributed by atoms with E-state index < -0.39 is 64.1 Å². The van der Waals surface area contributed by atoms with Gasteiger partial charge in [0.25, 0.3) is 5.91 Å². The van der Waals surface area contributed by atoms with Crippen LogP contribution < -0.4 is 21.1 Å². The number of aromatic hydroxyl groups is 1. The number of hydrogen-bond donors (Lipinski definition) is 7. The summed E-state index contributed by atoms with van der Waals surface area (Å²) in [6, 6.07) is 6.84. The van der Waals surface area contributed by atoms with Gasteiger partial charge in [-0.1, -0.05) is 12.1 Å². The molecule has 3 atom stereocenters. The molecule has 2 aromatic carbocycles. The number of allylic oxidation sites excluding steroid dienone is 2. The lowest BCUT2D eigenvalue weighted by Crippen LogP contribution is -2.57. The third-order valence-corrected chi connectivity index (χ3v) is 8.21. The number of aliphatic hydroxyl groups is 3. The average molecular weight is 604 g/mol. The molecule has 0 aromatic heterocycles. The van der Waals surface area contributed by atoms with Gasteiger partial charge >= 0.3 is 6.36 Å². The molecule has 0 bridgehead atoms. The van der Waals surface area contributed by atoms with Crippen molar-refractivity contribution in [3.8, 4) is 11.5 Å². The molecule has 0 saturated heterocycles. The van der Waals surface area contributed by atoms with E-state index in [1.165, 1.54) is 24.3 Å². The molecule has 3 aliphatic carbocycles. The summed E-state index contributed by atoms with van der Waals surface area (Å²) in [4.78, 5) is 38.8. The highest BCUT2D eigenvalue weighted by molar-refractivity contribution is 6.24. The molecule has 11 nitrogen and oxygen atoms in total. The van der Waals surface area contributed by atoms with Crippen molar-refractivity contribution in [2.24, 2.45) is 17.6 Å². The van der Waals surface area contributed by atoms with Gasteiger partial charge in [-0.05, 0) is 48.1 Å². The Labute approximate surface area is 242 Å². The second kappa shape index (κ2) is 10.6. The van der Waals surface area contributed by atoms with Gasteiger partial charge in [-0.3, -0.25) is 14.4 Å². The van der Waals surface area contributed by atoms with Crippen LogP contribution in [-0.4, -0.2) is 56.9 Å². The minimum atomic E-state index is -4.81. The van der Waals surface area contributed by atoms with E-state index in [1.54, 1.807) is 13.1 Å². The standard InChI is InChI=1S/C29H28F3N3O8/c1-34-18-8-14(11-35-10-12-2-4-16(5-3-12)43-29(30,31)32)23(37)21-17(18)7-13-6-15-9-19(36)22(27(33)41)26(40)28(15,42)25(39)20(13)24(21)38/h2-5,8,13,15,34-37,39,42H,6-7,9-11H2,1H3,(H2,33,41)/t13-,15+,28+/m1/s1. The first-order valence-electron chi connectivity index (χ1n) is 13.3. The number of ether oxygens (including phenoxy) is 1. The number of Topliss-reactive ketones (excluding diaryl/α,β-unsaturated/α-hetero) is 2. The fourth-order valence-corrected chi connectivity index (χ4v) is 6.25. The van der Waals surface area contributed by atoms with E-state index >= 15 is 0 Å². The van der Waals surface area contributed by atoms with E-state index in [1.807, 2.05) is 0 Å². The van der Waals surface area contributed by atoms with Crippen molar-refractivity contribution in [1.29, 1.82) is 0 Å². The lowest BCUT2D eigenvalue weighted by Gasteiger charge is -2.45. The summed E-state index contributed by atoms with van der Waals surface area (Å²) in [5, 5.41) is 50.1. The van der Waals surface area contributed by atoms with E-state index in [0.29, 0.717) is 16.8 Å². The largest absolute Gasteiger partial charge is 0.573 e. The molecule has 1 amide bonds. The van der Waals surface area contributed by atoms with Crippen molar-refractivity contribution in [2.45, 2.75) is 44.3 Å². The van der Waals surface area contributed by atoms with Crippen molar-refractivity contribution in [1.82, 2.24) is 5.32 Å². The summed E-state index contributed by atoms with van der Waals surface area (Å²) in [7, 11) is 1.62. The van der Waals surface area contributed by atoms with Gasteiger partial charge in [-0.25, -0.2) is 0 Å². The van der Waals surface area contributed by atoms with Crippen LogP contribution in [0.2, 0.25) is 0 Å². The molecule has 0 spiro atoms. The molecule has 5 rings (SSSR count). The van der Waals surface area contributed by atoms with Crippen LogP contribution in [0.3, 0.4) is 0 Å². The molecule has 228 valence electrons. The van der Waals surface area contributed by atoms with Gasteiger partial charge in [0.2, 0.25) is 5.78 Å². The molecular formula is C29H28F3N3O8. The molecule has 0 aliphatic heterocycles. The highest BCUT2D eigenvalue weighted by atomic mass is 19.4. The van der Waals surface area contributed by atoms with Gasteiger partial charge in [0.15, 0.2) is 11.4 Å². The number of rotatable bonds is 7. The number of benzene rings is 2. The van der Waals surface area contributed by atoms with E-state index in [2.05, 4.69) is 15.4 Å². The van der Waals surface area contributed by atoms with E-state index in [9.17, 15) is 48.0 Å². The van der Waals surface area contributed by atoms with Crippen LogP contribution in [0.15, 0.2) is 53.0 Å². The SMILES string of the molecule is CNc1cc(CNCc2ccc(OC(F)(F)F)cc2)c(O)c2c1C[C@H]1C[C@H]3CC(O)=C(C(N)=O)C(=O)[C@@]3(O)C(O)=C1C2=O. The smallest absolute Gasteiger partial charge is 0.511 e. The Morgan fingerprint density at radius 3 is 2.40 bits per heavy atom. The summed E-state index contributed by atoms with van der Waals surface area (Å²) >= 11 is 0. The van der Waals surface area contributed by atoms with Crippen molar-refractivity contribution in [3.05, 3.63) is 75.3 Å². The Kier molecular flexibility index (Phi) is 7.38. The van der Waals surface area contributed by atoms with Gasteiger partial charge in [0, 0.05) is 49.3 Å². The number of halogens is 3. The normalized spacial score (nSPS) is 23.5. The lowest BCUT2D eigenvalue weighted by atomic mass is 9.60. The van der Waals surface area contributed by atoms with E-state index in [0.717, 1.165) is 0 Å². The number of carbonyl (C=O) groups excluding carboxylic acids is 3. The highest BCUT2D eigenvalue weighted by Gasteiger charge is 2.59. The number of amides is 1. The molecular weight excluding hydrogens is 575 g/mol. The minimum absolute atomic E-state index is 0.0168. The van der Waals surface area contributed by atoms with Crippen molar-refractivity contribution in [2.75, 3.05) is 12.4 Å². The number of nitrogens with one attached hydrogen (secondary N) is 2. The maximum absolute atomic E-state index is 13.8. The van der Waals surface area contributed by atoms with Crippen LogP contribution in [0.5, 0.6) is 11.5 Å². The van der Waals surface area contributed by atoms with Crippen molar-refractivity contribution >= 4 is 23.2 Å². The van der Waals surface area contributed by atoms with Gasteiger partial charge in [0.05, 0.1) is 5.56 Å². The molecule has 43 heavy (non-hydrogen) atoms. The fraction of sp³-hybridized carbons (Fsp3) is 0.345. The lowest BCUT2D eigenvalue weighted by molar-refractivity contribution is -0.274. The maximum atomic E-state index is 13.8. The topological polar surface area (TPSA) is 191 Å². The van der Waals surface area contributed by atoms with E-state index in [4.69, 9.17) is 5.73 Å². The summed E-state index contributed by atoms with van der Waals surface area (Å²) in [6.07, 6.45) is -4.96. The second-order valence-corrected chi connectivity index (χ2v) is 10.7. The molecule has 3 aliphatic rings. The number of phenols is 1. The van der Waals surface area contributed by atoms with Gasteiger partial charge in [-0.2, -0.15) is 0 Å². The van der Waals surface area contributed by atoms with Gasteiger partial charge in [0.1, 0.15) is 28.6 Å². The predicted octanol–water partition coefficient (Wildman–Crippen LogP) is 2.81. The number of fused-ring (bicyclic) bond motifs is 3. The molecule has 8 N–H and O–H groups in total. The zero-order valence-corrected chi connectivity index (χ0v) is 22.7. The Morgan fingerprint density at radius 1 is 1.12 bits per heavy atom. The first-order chi connectivity index (χ1) is 20.2. The number of hydrogen-bond acceptors (Lipinski definition) is 10. The Balaban J connectivity index is 1.44. The Morgan fingerprint density at radius 2 is 1.79 bits per heavy atom. The summed E-state index contributed by atoms with van der Waals surface area (Å²) < 4.78 is 41.1. The zero-order valence-electron chi connectivity index (χ0n) is 22.7. The number of aliphatic hydroxyl groups excluding tert-OH is 2. The third-order valence-electron chi connectivity index (χ3n) is 8.21. The maximum Gasteiger partial charge on any atom is 0.573 e. The summed E-state index contributed by atoms with van der Waals surface area (Å²) in [6.45, 7) is 0.228. The van der Waals surface area contributed by atoms with Crippen LogP contribution in [0.4, 0.5) is 18.9 Å². The molecule has 0 heterocycles. The Hall–Kier alpha value is -4.56. The molecule has 0 fully saturated rings. The monoisotopic (exact) mass is 603 g/mol. The minimum Gasteiger partial charge on any atom is -0.511 e. The molecule has 14 heteroatoms. The first-order valence-corrected chi connectivity index (χ1v) is 13.3. The van der Waals surface area contributed by atoms with E-state index in [-0.39, 0.29) is 54.8 Å². The van der Waals surface area contributed by atoms with Crippen LogP contribution in [0.25, 0.3) is 0 Å². The number of primary amides is 1. The number of phenolic OH excluding ortho intramolecular Hbond substituents is 1. The molecule has 2 aromatic rings. The van der Waals surface area contributed by atoms with Crippen molar-refractivity contribution in [3.63, 3.8) is 0 Å². The Bertz CT molecular complexity index is 1600. The number of carbonyl (C=O) groups is 3. The van der Waals surface area contributed by atoms with Gasteiger partial charge < -0.3 is 41.5 Å². The van der Waals surface area contributed by atoms with Crippen LogP contribution in [0.1, 0.15) is 39.9 Å².